The molecule has 5 nitrogen and oxygen atoms in total. The van der Waals surface area contributed by atoms with E-state index >= 15 is 0 Å². The van der Waals surface area contributed by atoms with Crippen molar-refractivity contribution in [2.24, 2.45) is 0 Å². The number of nitrogens with one attached hydrogen (secondary N) is 1. The van der Waals surface area contributed by atoms with Crippen LogP contribution in [0.2, 0.25) is 0 Å². The fourth-order valence-electron chi connectivity index (χ4n) is 1.82. The summed E-state index contributed by atoms with van der Waals surface area (Å²) < 4.78 is 11.7. The molecule has 1 heterocycles. The van der Waals surface area contributed by atoms with Crippen LogP contribution < -0.4 is 14.8 Å². The molecule has 2 aromatic rings. The van der Waals surface area contributed by atoms with Crippen molar-refractivity contribution in [2.45, 2.75) is 10.4 Å². The van der Waals surface area contributed by atoms with E-state index in [1.165, 1.54) is 0 Å². The molecule has 0 fully saturated rings. The quantitative estimate of drug-likeness (QED) is 0.793. The fraction of sp³-hybridized carbons (Fsp3) is 0.385. The lowest BCUT2D eigenvalue weighted by atomic mass is 10.1. The largest absolute Gasteiger partial charge is 0.497 e. The van der Waals surface area contributed by atoms with Crippen LogP contribution in [0, 0.1) is 0 Å². The first-order valence-electron chi connectivity index (χ1n) is 6.06. The van der Waals surface area contributed by atoms with E-state index in [0.29, 0.717) is 0 Å². The number of rotatable bonds is 7. The molecule has 0 saturated carbocycles. The Morgan fingerprint density at radius 1 is 1.35 bits per heavy atom. The average Bonchev–Trinajstić information content (AvgIpc) is 3.01. The molecule has 0 aliphatic heterocycles. The summed E-state index contributed by atoms with van der Waals surface area (Å²) in [6.45, 7) is 0. The van der Waals surface area contributed by atoms with Crippen LogP contribution in [0.3, 0.4) is 0 Å². The second-order valence-corrected chi connectivity index (χ2v) is 6.07. The molecular formula is C13H17N3O2S2. The Balaban J connectivity index is 2.16. The van der Waals surface area contributed by atoms with Crippen molar-refractivity contribution in [3.8, 4) is 11.5 Å². The van der Waals surface area contributed by atoms with Gasteiger partial charge in [-0.1, -0.05) is 23.1 Å². The summed E-state index contributed by atoms with van der Waals surface area (Å²) in [5.41, 5.74) is 2.81. The Morgan fingerprint density at radius 3 is 2.80 bits per heavy atom. The zero-order chi connectivity index (χ0) is 14.4. The Hall–Kier alpha value is -1.31. The van der Waals surface area contributed by atoms with Gasteiger partial charge in [0.05, 0.1) is 14.2 Å². The monoisotopic (exact) mass is 311 g/mol. The van der Waals surface area contributed by atoms with E-state index in [-0.39, 0.29) is 6.04 Å². The highest BCUT2D eigenvalue weighted by Gasteiger charge is 2.16. The van der Waals surface area contributed by atoms with Crippen LogP contribution in [0.15, 0.2) is 28.0 Å². The normalized spacial score (nSPS) is 12.2. The summed E-state index contributed by atoms with van der Waals surface area (Å²) in [7, 11) is 5.27. The first kappa shape index (κ1) is 15.1. The highest BCUT2D eigenvalue weighted by Crippen LogP contribution is 2.32. The lowest BCUT2D eigenvalue weighted by Gasteiger charge is -2.19. The molecule has 1 N–H and O–H groups in total. The third kappa shape index (κ3) is 3.62. The molecule has 0 saturated heterocycles. The molecule has 0 aliphatic rings. The van der Waals surface area contributed by atoms with Crippen LogP contribution in [0.1, 0.15) is 11.6 Å². The van der Waals surface area contributed by atoms with Gasteiger partial charge in [-0.05, 0) is 25.2 Å². The highest BCUT2D eigenvalue weighted by molar-refractivity contribution is 8.01. The molecule has 0 amide bonds. The minimum Gasteiger partial charge on any atom is -0.497 e. The number of hydrogen-bond acceptors (Lipinski definition) is 7. The molecule has 1 atom stereocenters. The zero-order valence-electron chi connectivity index (χ0n) is 11.6. The summed E-state index contributed by atoms with van der Waals surface area (Å²) in [6, 6.07) is 5.97. The maximum atomic E-state index is 5.43. The highest BCUT2D eigenvalue weighted by atomic mass is 32.2. The molecule has 0 spiro atoms. The average molecular weight is 311 g/mol. The van der Waals surface area contributed by atoms with Crippen LogP contribution in [-0.4, -0.2) is 37.2 Å². The van der Waals surface area contributed by atoms with E-state index in [2.05, 4.69) is 15.5 Å². The number of methoxy groups -OCH3 is 2. The first-order valence-corrected chi connectivity index (χ1v) is 7.93. The van der Waals surface area contributed by atoms with Gasteiger partial charge < -0.3 is 14.8 Å². The van der Waals surface area contributed by atoms with Gasteiger partial charge in [0.15, 0.2) is 4.34 Å². The van der Waals surface area contributed by atoms with Crippen molar-refractivity contribution in [3.05, 3.63) is 29.3 Å². The fourth-order valence-corrected chi connectivity index (χ4v) is 3.47. The molecule has 108 valence electrons. The molecule has 1 aromatic carbocycles. The standard InChI is InChI=1S/C13H17N3O2S2/c1-14-11(7-19-13-16-15-8-20-13)10-6-9(17-2)4-5-12(10)18-3/h4-6,8,11,14H,7H2,1-3H3. The number of hydrogen-bond donors (Lipinski definition) is 1. The van der Waals surface area contributed by atoms with Gasteiger partial charge in [0, 0.05) is 17.4 Å². The van der Waals surface area contributed by atoms with Gasteiger partial charge in [-0.25, -0.2) is 0 Å². The van der Waals surface area contributed by atoms with Crippen LogP contribution in [-0.2, 0) is 0 Å². The number of nitrogens with zero attached hydrogens (tertiary/aromatic N) is 2. The number of aromatic nitrogens is 2. The summed E-state index contributed by atoms with van der Waals surface area (Å²) in [5.74, 6) is 2.51. The zero-order valence-corrected chi connectivity index (χ0v) is 13.3. The molecule has 20 heavy (non-hydrogen) atoms. The topological polar surface area (TPSA) is 56.3 Å². The van der Waals surface area contributed by atoms with Gasteiger partial charge in [-0.3, -0.25) is 0 Å². The van der Waals surface area contributed by atoms with Crippen molar-refractivity contribution in [2.75, 3.05) is 27.0 Å². The van der Waals surface area contributed by atoms with Gasteiger partial charge in [0.1, 0.15) is 17.0 Å². The van der Waals surface area contributed by atoms with Gasteiger partial charge >= 0.3 is 0 Å². The summed E-state index contributed by atoms with van der Waals surface area (Å²) >= 11 is 3.22. The Bertz CT molecular complexity index is 534. The Labute approximate surface area is 126 Å². The van der Waals surface area contributed by atoms with Crippen LogP contribution in [0.4, 0.5) is 0 Å². The SMILES string of the molecule is CNC(CSc1nncs1)c1cc(OC)ccc1OC. The second kappa shape index (κ2) is 7.47. The van der Waals surface area contributed by atoms with E-state index in [9.17, 15) is 0 Å². The van der Waals surface area contributed by atoms with Crippen molar-refractivity contribution in [3.63, 3.8) is 0 Å². The third-order valence-electron chi connectivity index (χ3n) is 2.87. The van der Waals surface area contributed by atoms with Gasteiger partial charge in [-0.2, -0.15) is 0 Å². The lowest BCUT2D eigenvalue weighted by Crippen LogP contribution is -2.19. The van der Waals surface area contributed by atoms with Crippen molar-refractivity contribution < 1.29 is 9.47 Å². The van der Waals surface area contributed by atoms with E-state index < -0.39 is 0 Å². The maximum absolute atomic E-state index is 5.43. The van der Waals surface area contributed by atoms with Crippen LogP contribution in [0.25, 0.3) is 0 Å². The van der Waals surface area contributed by atoms with E-state index in [0.717, 1.165) is 27.2 Å². The van der Waals surface area contributed by atoms with Gasteiger partial charge in [0.25, 0.3) is 0 Å². The van der Waals surface area contributed by atoms with E-state index in [1.807, 2.05) is 25.2 Å². The minimum atomic E-state index is 0.147. The molecule has 1 unspecified atom stereocenters. The van der Waals surface area contributed by atoms with Crippen LogP contribution >= 0.6 is 23.1 Å². The second-order valence-electron chi connectivity index (χ2n) is 3.96. The third-order valence-corrected chi connectivity index (χ3v) is 4.83. The molecule has 2 rings (SSSR count). The summed E-state index contributed by atoms with van der Waals surface area (Å²) in [6.07, 6.45) is 0. The van der Waals surface area contributed by atoms with Crippen molar-refractivity contribution >= 4 is 23.1 Å². The summed E-state index contributed by atoms with van der Waals surface area (Å²) in [4.78, 5) is 0. The van der Waals surface area contributed by atoms with E-state index in [1.54, 1.807) is 42.8 Å². The molecule has 7 heteroatoms. The molecule has 0 bridgehead atoms. The molecule has 1 aromatic heterocycles. The Morgan fingerprint density at radius 2 is 2.20 bits per heavy atom. The number of ether oxygens (including phenoxy) is 2. The van der Waals surface area contributed by atoms with E-state index in [4.69, 9.17) is 9.47 Å². The molecular weight excluding hydrogens is 294 g/mol. The Kier molecular flexibility index (Phi) is 5.63. The number of thioether (sulfide) groups is 1. The van der Waals surface area contributed by atoms with Crippen LogP contribution in [0.5, 0.6) is 11.5 Å². The molecule has 0 radical (unpaired) electrons. The van der Waals surface area contributed by atoms with Gasteiger partial charge in [-0.15, -0.1) is 10.2 Å². The molecule has 0 aliphatic carbocycles. The maximum Gasteiger partial charge on any atom is 0.174 e. The minimum absolute atomic E-state index is 0.147. The lowest BCUT2D eigenvalue weighted by molar-refractivity contribution is 0.394. The van der Waals surface area contributed by atoms with Gasteiger partial charge in [0.2, 0.25) is 0 Å². The van der Waals surface area contributed by atoms with Crippen molar-refractivity contribution in [1.82, 2.24) is 15.5 Å². The predicted octanol–water partition coefficient (Wildman–Crippen LogP) is 2.61. The number of benzene rings is 1. The first-order chi connectivity index (χ1) is 9.78. The van der Waals surface area contributed by atoms with Crippen molar-refractivity contribution in [1.29, 1.82) is 0 Å². The smallest absolute Gasteiger partial charge is 0.174 e. The predicted molar refractivity (Wildman–Crippen MR) is 82.0 cm³/mol. The summed E-state index contributed by atoms with van der Waals surface area (Å²) in [5, 5.41) is 11.2.